The van der Waals surface area contributed by atoms with E-state index in [1.54, 1.807) is 13.8 Å². The number of carboxylic acids is 1. The Kier molecular flexibility index (Phi) is 5.40. The van der Waals surface area contributed by atoms with Gasteiger partial charge in [-0.3, -0.25) is 19.7 Å². The molecule has 7 nitrogen and oxygen atoms in total. The van der Waals surface area contributed by atoms with Crippen LogP contribution in [0.15, 0.2) is 24.3 Å². The zero-order valence-electron chi connectivity index (χ0n) is 12.1. The standard InChI is InChI=1S/C14H18N2O5/c1-9(2)15(8-10(3)14(18)19)13(17)11-4-6-12(7-5-11)16(20)21/h4-7,9-10H,8H2,1-3H3,(H,18,19). The van der Waals surface area contributed by atoms with Gasteiger partial charge in [0, 0.05) is 30.3 Å². The van der Waals surface area contributed by atoms with Gasteiger partial charge in [0.05, 0.1) is 10.8 Å². The van der Waals surface area contributed by atoms with Gasteiger partial charge in [-0.05, 0) is 26.0 Å². The highest BCUT2D eigenvalue weighted by molar-refractivity contribution is 5.94. The summed E-state index contributed by atoms with van der Waals surface area (Å²) in [5.41, 5.74) is 0.202. The number of hydrogen-bond acceptors (Lipinski definition) is 4. The van der Waals surface area contributed by atoms with Crippen LogP contribution >= 0.6 is 0 Å². The number of carboxylic acid groups (broad SMARTS) is 1. The normalized spacial score (nSPS) is 12.0. The van der Waals surface area contributed by atoms with E-state index >= 15 is 0 Å². The second-order valence-electron chi connectivity index (χ2n) is 5.09. The molecule has 0 radical (unpaired) electrons. The monoisotopic (exact) mass is 294 g/mol. The van der Waals surface area contributed by atoms with Crippen LogP contribution in [-0.4, -0.2) is 39.4 Å². The summed E-state index contributed by atoms with van der Waals surface area (Å²) in [7, 11) is 0. The van der Waals surface area contributed by atoms with Crippen LogP contribution < -0.4 is 0 Å². The second-order valence-corrected chi connectivity index (χ2v) is 5.09. The Morgan fingerprint density at radius 3 is 2.14 bits per heavy atom. The summed E-state index contributed by atoms with van der Waals surface area (Å²) in [6, 6.07) is 5.09. The molecular formula is C14H18N2O5. The Hall–Kier alpha value is -2.44. The fourth-order valence-corrected chi connectivity index (χ4v) is 1.79. The van der Waals surface area contributed by atoms with Crippen molar-refractivity contribution in [3.63, 3.8) is 0 Å². The number of nitro groups is 1. The fourth-order valence-electron chi connectivity index (χ4n) is 1.79. The lowest BCUT2D eigenvalue weighted by Gasteiger charge is -2.28. The molecule has 0 bridgehead atoms. The third kappa shape index (κ3) is 4.27. The lowest BCUT2D eigenvalue weighted by molar-refractivity contribution is -0.384. The number of carbonyl (C=O) groups excluding carboxylic acids is 1. The van der Waals surface area contributed by atoms with Gasteiger partial charge >= 0.3 is 5.97 Å². The fraction of sp³-hybridized carbons (Fsp3) is 0.429. The first kappa shape index (κ1) is 16.6. The van der Waals surface area contributed by atoms with E-state index in [9.17, 15) is 19.7 Å². The molecule has 1 aromatic carbocycles. The molecule has 0 aliphatic rings. The van der Waals surface area contributed by atoms with Gasteiger partial charge in [-0.15, -0.1) is 0 Å². The molecule has 7 heteroatoms. The third-order valence-electron chi connectivity index (χ3n) is 3.10. The Bertz CT molecular complexity index is 539. The molecule has 1 N–H and O–H groups in total. The van der Waals surface area contributed by atoms with Crippen molar-refractivity contribution in [1.29, 1.82) is 0 Å². The van der Waals surface area contributed by atoms with Gasteiger partial charge in [0.25, 0.3) is 11.6 Å². The summed E-state index contributed by atoms with van der Waals surface area (Å²) in [6.45, 7) is 5.19. The molecule has 21 heavy (non-hydrogen) atoms. The minimum atomic E-state index is -0.975. The molecular weight excluding hydrogens is 276 g/mol. The molecule has 114 valence electrons. The zero-order chi connectivity index (χ0) is 16.2. The topological polar surface area (TPSA) is 101 Å². The first-order valence-corrected chi connectivity index (χ1v) is 6.52. The van der Waals surface area contributed by atoms with Gasteiger partial charge in [-0.25, -0.2) is 0 Å². The Morgan fingerprint density at radius 2 is 1.76 bits per heavy atom. The van der Waals surface area contributed by atoms with Gasteiger partial charge < -0.3 is 10.0 Å². The van der Waals surface area contributed by atoms with Crippen LogP contribution in [0.3, 0.4) is 0 Å². The largest absolute Gasteiger partial charge is 0.481 e. The van der Waals surface area contributed by atoms with Crippen molar-refractivity contribution >= 4 is 17.6 Å². The van der Waals surface area contributed by atoms with Gasteiger partial charge in [0.2, 0.25) is 0 Å². The molecule has 1 atom stereocenters. The van der Waals surface area contributed by atoms with E-state index < -0.39 is 16.8 Å². The predicted molar refractivity (Wildman–Crippen MR) is 76.1 cm³/mol. The number of nitrogens with zero attached hydrogens (tertiary/aromatic N) is 2. The van der Waals surface area contributed by atoms with Crippen LogP contribution in [0.2, 0.25) is 0 Å². The highest BCUT2D eigenvalue weighted by Crippen LogP contribution is 2.16. The minimum absolute atomic E-state index is 0.0861. The van der Waals surface area contributed by atoms with Crippen molar-refractivity contribution in [2.24, 2.45) is 5.92 Å². The molecule has 0 spiro atoms. The summed E-state index contributed by atoms with van der Waals surface area (Å²) < 4.78 is 0. The van der Waals surface area contributed by atoms with Crippen LogP contribution in [0.25, 0.3) is 0 Å². The van der Waals surface area contributed by atoms with Crippen molar-refractivity contribution < 1.29 is 19.6 Å². The first-order chi connectivity index (χ1) is 9.73. The highest BCUT2D eigenvalue weighted by atomic mass is 16.6. The number of benzene rings is 1. The van der Waals surface area contributed by atoms with Gasteiger partial charge in [-0.1, -0.05) is 6.92 Å². The molecule has 0 saturated heterocycles. The van der Waals surface area contributed by atoms with E-state index in [-0.39, 0.29) is 24.2 Å². The van der Waals surface area contributed by atoms with E-state index in [1.165, 1.54) is 36.1 Å². The molecule has 1 aromatic rings. The van der Waals surface area contributed by atoms with Crippen molar-refractivity contribution in [3.8, 4) is 0 Å². The Morgan fingerprint density at radius 1 is 1.24 bits per heavy atom. The third-order valence-corrected chi connectivity index (χ3v) is 3.10. The van der Waals surface area contributed by atoms with E-state index in [4.69, 9.17) is 5.11 Å². The number of carbonyl (C=O) groups is 2. The molecule has 0 aliphatic carbocycles. The van der Waals surface area contributed by atoms with Crippen LogP contribution in [0.4, 0.5) is 5.69 Å². The molecule has 1 rings (SSSR count). The van der Waals surface area contributed by atoms with Gasteiger partial charge in [-0.2, -0.15) is 0 Å². The first-order valence-electron chi connectivity index (χ1n) is 6.52. The van der Waals surface area contributed by atoms with Crippen molar-refractivity contribution in [1.82, 2.24) is 4.90 Å². The van der Waals surface area contributed by atoms with Crippen LogP contribution in [-0.2, 0) is 4.79 Å². The molecule has 0 fully saturated rings. The quantitative estimate of drug-likeness (QED) is 0.640. The van der Waals surface area contributed by atoms with E-state index in [1.807, 2.05) is 0 Å². The van der Waals surface area contributed by atoms with Crippen LogP contribution in [0, 0.1) is 16.0 Å². The number of aliphatic carboxylic acids is 1. The van der Waals surface area contributed by atoms with Gasteiger partial charge in [0.15, 0.2) is 0 Å². The molecule has 0 aliphatic heterocycles. The smallest absolute Gasteiger partial charge is 0.308 e. The second kappa shape index (κ2) is 6.83. The van der Waals surface area contributed by atoms with E-state index in [2.05, 4.69) is 0 Å². The minimum Gasteiger partial charge on any atom is -0.481 e. The lowest BCUT2D eigenvalue weighted by Crippen LogP contribution is -2.41. The molecule has 0 aromatic heterocycles. The average molecular weight is 294 g/mol. The molecule has 0 heterocycles. The predicted octanol–water partition coefficient (Wildman–Crippen LogP) is 2.17. The molecule has 1 unspecified atom stereocenters. The summed E-state index contributed by atoms with van der Waals surface area (Å²) >= 11 is 0. The van der Waals surface area contributed by atoms with E-state index in [0.717, 1.165) is 0 Å². The maximum absolute atomic E-state index is 12.4. The number of hydrogen-bond donors (Lipinski definition) is 1. The van der Waals surface area contributed by atoms with Crippen molar-refractivity contribution in [2.45, 2.75) is 26.8 Å². The maximum atomic E-state index is 12.4. The average Bonchev–Trinajstić information content (AvgIpc) is 2.43. The number of amides is 1. The number of rotatable bonds is 6. The zero-order valence-corrected chi connectivity index (χ0v) is 12.1. The SMILES string of the molecule is CC(CN(C(=O)c1ccc([N+](=O)[O-])cc1)C(C)C)C(=O)O. The Labute approximate surface area is 122 Å². The lowest BCUT2D eigenvalue weighted by atomic mass is 10.1. The number of nitro benzene ring substituents is 1. The summed E-state index contributed by atoms with van der Waals surface area (Å²) in [6.07, 6.45) is 0. The highest BCUT2D eigenvalue weighted by Gasteiger charge is 2.24. The summed E-state index contributed by atoms with van der Waals surface area (Å²) in [5.74, 6) is -2.00. The number of non-ortho nitro benzene ring substituents is 1. The maximum Gasteiger partial charge on any atom is 0.308 e. The summed E-state index contributed by atoms with van der Waals surface area (Å²) in [5, 5.41) is 19.5. The van der Waals surface area contributed by atoms with Gasteiger partial charge in [0.1, 0.15) is 0 Å². The molecule has 0 saturated carbocycles. The van der Waals surface area contributed by atoms with E-state index in [0.29, 0.717) is 5.56 Å². The Balaban J connectivity index is 2.95. The summed E-state index contributed by atoms with van der Waals surface area (Å²) in [4.78, 5) is 34.8. The van der Waals surface area contributed by atoms with Crippen LogP contribution in [0.5, 0.6) is 0 Å². The molecule has 1 amide bonds. The van der Waals surface area contributed by atoms with Crippen molar-refractivity contribution in [2.75, 3.05) is 6.54 Å². The van der Waals surface area contributed by atoms with Crippen molar-refractivity contribution in [3.05, 3.63) is 39.9 Å². The van der Waals surface area contributed by atoms with Crippen LogP contribution in [0.1, 0.15) is 31.1 Å².